The summed E-state index contributed by atoms with van der Waals surface area (Å²) in [6, 6.07) is 89.9. The molecule has 4 heteroatoms. The van der Waals surface area contributed by atoms with E-state index in [0.29, 0.717) is 5.82 Å². The smallest absolute Gasteiger partial charge is 0.160 e. The molecule has 314 valence electrons. The van der Waals surface area contributed by atoms with E-state index < -0.39 is 0 Å². The van der Waals surface area contributed by atoms with Crippen molar-refractivity contribution in [1.29, 1.82) is 0 Å². The molecule has 0 aliphatic heterocycles. The quantitative estimate of drug-likeness (QED) is 0.145. The first kappa shape index (κ1) is 39.6. The summed E-state index contributed by atoms with van der Waals surface area (Å²) in [5.41, 5.74) is 19.1. The molecule has 0 fully saturated rings. The van der Waals surface area contributed by atoms with Crippen LogP contribution in [0.1, 0.15) is 0 Å². The second-order valence-electron chi connectivity index (χ2n) is 16.8. The largest absolute Gasteiger partial charge is 0.231 e. The average Bonchev–Trinajstić information content (AvgIpc) is 3.83. The Labute approximate surface area is 389 Å². The Morgan fingerprint density at radius 3 is 1.31 bits per heavy atom. The Hall–Kier alpha value is -8.99. The summed E-state index contributed by atoms with van der Waals surface area (Å²) in [4.78, 5) is 10.5. The third-order valence-corrected chi connectivity index (χ3v) is 12.6. The fourth-order valence-electron chi connectivity index (χ4n) is 9.25. The average molecular weight is 855 g/mol. The Morgan fingerprint density at radius 1 is 0.284 bits per heavy atom. The van der Waals surface area contributed by atoms with Gasteiger partial charge in [0, 0.05) is 38.8 Å². The Morgan fingerprint density at radius 2 is 0.716 bits per heavy atom. The van der Waals surface area contributed by atoms with E-state index in [-0.39, 0.29) is 0 Å². The molecule has 0 radical (unpaired) electrons. The molecule has 0 saturated heterocycles. The van der Waals surface area contributed by atoms with Crippen LogP contribution >= 0.6 is 0 Å². The van der Waals surface area contributed by atoms with Gasteiger partial charge in [-0.1, -0.05) is 231 Å². The summed E-state index contributed by atoms with van der Waals surface area (Å²) >= 11 is 0. The van der Waals surface area contributed by atoms with Gasteiger partial charge in [0.15, 0.2) is 5.82 Å². The van der Waals surface area contributed by atoms with Crippen molar-refractivity contribution in [3.05, 3.63) is 255 Å². The van der Waals surface area contributed by atoms with Gasteiger partial charge < -0.3 is 0 Å². The van der Waals surface area contributed by atoms with Crippen LogP contribution in [0.5, 0.6) is 0 Å². The van der Waals surface area contributed by atoms with Gasteiger partial charge in [-0.3, -0.25) is 0 Å². The summed E-state index contributed by atoms with van der Waals surface area (Å²) in [6.07, 6.45) is 0. The van der Waals surface area contributed by atoms with Crippen LogP contribution in [0.15, 0.2) is 255 Å². The minimum absolute atomic E-state index is 0.678. The van der Waals surface area contributed by atoms with E-state index in [2.05, 4.69) is 247 Å². The van der Waals surface area contributed by atoms with Gasteiger partial charge in [0.25, 0.3) is 0 Å². The summed E-state index contributed by atoms with van der Waals surface area (Å²) in [5.74, 6) is 0.678. The first-order valence-electron chi connectivity index (χ1n) is 22.7. The van der Waals surface area contributed by atoms with E-state index in [1.807, 2.05) is 12.1 Å². The van der Waals surface area contributed by atoms with E-state index in [0.717, 1.165) is 100 Å². The zero-order valence-electron chi connectivity index (χ0n) is 36.5. The van der Waals surface area contributed by atoms with Gasteiger partial charge in [0.05, 0.1) is 22.6 Å². The molecule has 0 aliphatic rings. The predicted octanol–water partition coefficient (Wildman–Crippen LogP) is 16.3. The lowest BCUT2D eigenvalue weighted by Crippen LogP contribution is -1.97. The van der Waals surface area contributed by atoms with Gasteiger partial charge in [-0.2, -0.15) is 5.10 Å². The van der Waals surface area contributed by atoms with Gasteiger partial charge in [0.2, 0.25) is 0 Å². The highest BCUT2D eigenvalue weighted by atomic mass is 15.2. The summed E-state index contributed by atoms with van der Waals surface area (Å²) in [6.45, 7) is 0. The molecule has 0 amide bonds. The van der Waals surface area contributed by atoms with Crippen LogP contribution in [-0.4, -0.2) is 19.6 Å². The summed E-state index contributed by atoms with van der Waals surface area (Å²) < 4.78 is 2.15. The molecule has 12 rings (SSSR count). The topological polar surface area (TPSA) is 43.1 Å². The van der Waals surface area contributed by atoms with Crippen LogP contribution < -0.4 is 0 Å². The van der Waals surface area contributed by atoms with Crippen LogP contribution in [0, 0.1) is 0 Å². The number of hydrogen-bond donors (Lipinski definition) is 0. The molecule has 12 aromatic rings. The number of hydrogen-bond acceptors (Lipinski definition) is 3. The molecule has 67 heavy (non-hydrogen) atoms. The zero-order chi connectivity index (χ0) is 44.5. The molecule has 0 N–H and O–H groups in total. The number of rotatable bonds is 9. The van der Waals surface area contributed by atoms with Crippen LogP contribution in [0.25, 0.3) is 117 Å². The lowest BCUT2D eigenvalue weighted by atomic mass is 9.94. The van der Waals surface area contributed by atoms with Crippen molar-refractivity contribution < 1.29 is 0 Å². The molecule has 9 aromatic carbocycles. The molecule has 3 aromatic heterocycles. The molecule has 0 saturated carbocycles. The minimum Gasteiger partial charge on any atom is -0.231 e. The fourth-order valence-corrected chi connectivity index (χ4v) is 9.25. The van der Waals surface area contributed by atoms with E-state index >= 15 is 0 Å². The van der Waals surface area contributed by atoms with Crippen molar-refractivity contribution >= 4 is 16.3 Å². The molecular weight excluding hydrogens is 813 g/mol. The summed E-state index contributed by atoms with van der Waals surface area (Å²) in [5, 5.41) is 7.68. The Kier molecular flexibility index (Phi) is 10.2. The maximum Gasteiger partial charge on any atom is 0.160 e. The fraction of sp³-hybridized carbons (Fsp3) is 0. The number of benzene rings is 9. The van der Waals surface area contributed by atoms with Crippen molar-refractivity contribution in [2.24, 2.45) is 0 Å². The van der Waals surface area contributed by atoms with Crippen LogP contribution in [0.3, 0.4) is 0 Å². The molecule has 0 atom stereocenters. The molecule has 4 nitrogen and oxygen atoms in total. The number of fused-ring (bicyclic) bond motifs is 3. The van der Waals surface area contributed by atoms with Crippen molar-refractivity contribution in [2.45, 2.75) is 0 Å². The van der Waals surface area contributed by atoms with Gasteiger partial charge in [0.1, 0.15) is 5.69 Å². The number of aromatic nitrogens is 4. The third-order valence-electron chi connectivity index (χ3n) is 12.6. The first-order chi connectivity index (χ1) is 33.2. The maximum absolute atomic E-state index is 5.41. The predicted molar refractivity (Wildman–Crippen MR) is 277 cm³/mol. The van der Waals surface area contributed by atoms with E-state index in [1.54, 1.807) is 0 Å². The van der Waals surface area contributed by atoms with Gasteiger partial charge in [-0.15, -0.1) is 0 Å². The second kappa shape index (κ2) is 17.2. The van der Waals surface area contributed by atoms with Crippen LogP contribution in [0.2, 0.25) is 0 Å². The van der Waals surface area contributed by atoms with Gasteiger partial charge in [-0.05, 0) is 68.6 Å². The van der Waals surface area contributed by atoms with Crippen molar-refractivity contribution in [3.8, 4) is 101 Å². The van der Waals surface area contributed by atoms with Gasteiger partial charge in [-0.25, -0.2) is 14.5 Å². The van der Waals surface area contributed by atoms with Gasteiger partial charge >= 0.3 is 0 Å². The first-order valence-corrected chi connectivity index (χ1v) is 22.7. The molecule has 0 bridgehead atoms. The van der Waals surface area contributed by atoms with Crippen molar-refractivity contribution in [2.75, 3.05) is 0 Å². The SMILES string of the molecule is c1ccc(-c2ccc(-c3cc(-c4cccc(-c5ccc6c(c5)cc(-c5ccccc5)n5nc(-c7ccccc7)c(-c7ccccc7)c65)c4)nc(-c4ccc(-c5ccccc5)cc4)n3)cc2)cc1. The molecule has 0 aliphatic carbocycles. The normalized spacial score (nSPS) is 11.3. The van der Waals surface area contributed by atoms with E-state index in [1.165, 1.54) is 11.1 Å². The Balaban J connectivity index is 0.994. The summed E-state index contributed by atoms with van der Waals surface area (Å²) in [7, 11) is 0. The van der Waals surface area contributed by atoms with Crippen LogP contribution in [0.4, 0.5) is 0 Å². The number of nitrogens with zero attached hydrogens (tertiary/aromatic N) is 4. The molecule has 3 heterocycles. The highest BCUT2D eigenvalue weighted by Gasteiger charge is 2.22. The molecule has 0 spiro atoms. The lowest BCUT2D eigenvalue weighted by Gasteiger charge is -2.13. The standard InChI is InChI=1S/C63H42N4/c1-6-17-43(18-7-1)45-29-33-47(34-30-45)57-42-58(65-63(64-57)51-35-31-46(32-36-51)44-19-8-2-9-20-44)54-28-16-27-52(39-54)53-37-38-56-55(40-53)41-59(48-21-10-3-11-22-48)67-62(56)60(49-23-12-4-13-24-49)61(66-67)50-25-14-5-15-26-50/h1-42H. The maximum atomic E-state index is 5.41. The monoisotopic (exact) mass is 854 g/mol. The number of pyridine rings is 1. The second-order valence-corrected chi connectivity index (χ2v) is 16.8. The third kappa shape index (κ3) is 7.67. The van der Waals surface area contributed by atoms with E-state index in [9.17, 15) is 0 Å². The molecular formula is C63H42N4. The Bertz CT molecular complexity index is 3580. The van der Waals surface area contributed by atoms with Crippen LogP contribution in [-0.2, 0) is 0 Å². The molecule has 0 unspecified atom stereocenters. The van der Waals surface area contributed by atoms with Crippen molar-refractivity contribution in [1.82, 2.24) is 19.6 Å². The highest BCUT2D eigenvalue weighted by molar-refractivity contribution is 6.09. The van der Waals surface area contributed by atoms with E-state index in [4.69, 9.17) is 15.1 Å². The zero-order valence-corrected chi connectivity index (χ0v) is 36.5. The highest BCUT2D eigenvalue weighted by Crippen LogP contribution is 2.42. The lowest BCUT2D eigenvalue weighted by molar-refractivity contribution is 0.979. The van der Waals surface area contributed by atoms with Crippen molar-refractivity contribution in [3.63, 3.8) is 0 Å². The minimum atomic E-state index is 0.678.